The number of rotatable bonds is 7. The molecular weight excluding hydrogens is 446 g/mol. The predicted molar refractivity (Wildman–Crippen MR) is 138 cm³/mol. The summed E-state index contributed by atoms with van der Waals surface area (Å²) in [6.45, 7) is 12.0. The number of amides is 1. The van der Waals surface area contributed by atoms with Crippen LogP contribution in [0.25, 0.3) is 0 Å². The van der Waals surface area contributed by atoms with E-state index < -0.39 is 0 Å². The highest BCUT2D eigenvalue weighted by Crippen LogP contribution is 2.28. The van der Waals surface area contributed by atoms with E-state index in [0.29, 0.717) is 19.8 Å². The lowest BCUT2D eigenvalue weighted by Gasteiger charge is -2.28. The Morgan fingerprint density at radius 3 is 2.38 bits per heavy atom. The van der Waals surface area contributed by atoms with E-state index in [9.17, 15) is 4.79 Å². The molecule has 1 aliphatic rings. The van der Waals surface area contributed by atoms with Gasteiger partial charge in [-0.3, -0.25) is 9.36 Å². The summed E-state index contributed by atoms with van der Waals surface area (Å²) in [5, 5.41) is 12.4. The van der Waals surface area contributed by atoms with Crippen molar-refractivity contribution >= 4 is 29.3 Å². The average Bonchev–Trinajstić information content (AvgIpc) is 3.22. The minimum Gasteiger partial charge on any atom is -0.378 e. The molecule has 1 saturated heterocycles. The van der Waals surface area contributed by atoms with Crippen LogP contribution in [0.15, 0.2) is 59.8 Å². The van der Waals surface area contributed by atoms with Gasteiger partial charge in [-0.15, -0.1) is 10.2 Å². The first-order valence-corrected chi connectivity index (χ1v) is 12.6. The fraction of sp³-hybridized carbons (Fsp3) is 0.423. The maximum Gasteiger partial charge on any atom is 0.237 e. The number of anilines is 2. The molecule has 8 heteroatoms. The minimum atomic E-state index is -0.335. The Labute approximate surface area is 205 Å². The van der Waals surface area contributed by atoms with Crippen molar-refractivity contribution in [1.29, 1.82) is 0 Å². The van der Waals surface area contributed by atoms with Gasteiger partial charge in [0.05, 0.1) is 25.0 Å². The van der Waals surface area contributed by atoms with Crippen molar-refractivity contribution in [3.63, 3.8) is 0 Å². The van der Waals surface area contributed by atoms with Crippen LogP contribution in [0.4, 0.5) is 11.6 Å². The monoisotopic (exact) mass is 479 g/mol. The zero-order valence-corrected chi connectivity index (χ0v) is 21.1. The maximum absolute atomic E-state index is 13.0. The molecular formula is C26H33N5O2S. The lowest BCUT2D eigenvalue weighted by Crippen LogP contribution is -2.38. The van der Waals surface area contributed by atoms with Gasteiger partial charge in [0.2, 0.25) is 11.9 Å². The second-order valence-corrected chi connectivity index (χ2v) is 10.8. The molecule has 0 spiro atoms. The fourth-order valence-electron chi connectivity index (χ4n) is 3.78. The third kappa shape index (κ3) is 5.98. The van der Waals surface area contributed by atoms with Gasteiger partial charge in [-0.1, -0.05) is 75.0 Å². The molecule has 2 heterocycles. The quantitative estimate of drug-likeness (QED) is 0.500. The Morgan fingerprint density at radius 1 is 1.06 bits per heavy atom. The second-order valence-electron chi connectivity index (χ2n) is 9.53. The van der Waals surface area contributed by atoms with Gasteiger partial charge >= 0.3 is 0 Å². The van der Waals surface area contributed by atoms with Gasteiger partial charge in [0.25, 0.3) is 0 Å². The van der Waals surface area contributed by atoms with Gasteiger partial charge in [0.1, 0.15) is 0 Å². The first-order chi connectivity index (χ1) is 16.3. The highest BCUT2D eigenvalue weighted by Gasteiger charge is 2.24. The SMILES string of the molecule is CC(Sc1nnc(N2CCOCC2)n1Cc1ccccc1)C(=O)Nc1ccc(C(C)(C)C)cc1. The summed E-state index contributed by atoms with van der Waals surface area (Å²) < 4.78 is 7.61. The summed E-state index contributed by atoms with van der Waals surface area (Å²) >= 11 is 1.43. The summed E-state index contributed by atoms with van der Waals surface area (Å²) in [6.07, 6.45) is 0. The fourth-order valence-corrected chi connectivity index (χ4v) is 4.62. The van der Waals surface area contributed by atoms with Crippen LogP contribution < -0.4 is 10.2 Å². The minimum absolute atomic E-state index is 0.0595. The molecule has 0 aliphatic carbocycles. The van der Waals surface area contributed by atoms with Gasteiger partial charge in [0.15, 0.2) is 5.16 Å². The molecule has 1 N–H and O–H groups in total. The molecule has 1 unspecified atom stereocenters. The van der Waals surface area contributed by atoms with E-state index >= 15 is 0 Å². The first kappa shape index (κ1) is 24.3. The summed E-state index contributed by atoms with van der Waals surface area (Å²) in [6, 6.07) is 18.3. The number of carbonyl (C=O) groups excluding carboxylic acids is 1. The first-order valence-electron chi connectivity index (χ1n) is 11.7. The molecule has 180 valence electrons. The van der Waals surface area contributed by atoms with Crippen LogP contribution in [0.5, 0.6) is 0 Å². The Hall–Kier alpha value is -2.84. The third-order valence-corrected chi connectivity index (χ3v) is 6.93. The van der Waals surface area contributed by atoms with Crippen LogP contribution in [-0.2, 0) is 21.5 Å². The number of ether oxygens (including phenoxy) is 1. The normalized spacial score (nSPS) is 15.2. The molecule has 0 radical (unpaired) electrons. The van der Waals surface area contributed by atoms with Crippen molar-refractivity contribution in [3.05, 3.63) is 65.7 Å². The van der Waals surface area contributed by atoms with Gasteiger partial charge in [0, 0.05) is 18.8 Å². The Morgan fingerprint density at radius 2 is 1.74 bits per heavy atom. The number of hydrogen-bond donors (Lipinski definition) is 1. The zero-order chi connectivity index (χ0) is 24.1. The molecule has 1 amide bonds. The number of nitrogens with zero attached hydrogens (tertiary/aromatic N) is 4. The van der Waals surface area contributed by atoms with E-state index in [4.69, 9.17) is 4.74 Å². The smallest absolute Gasteiger partial charge is 0.237 e. The molecule has 1 atom stereocenters. The number of carbonyl (C=O) groups is 1. The second kappa shape index (κ2) is 10.6. The van der Waals surface area contributed by atoms with Crippen LogP contribution in [0.2, 0.25) is 0 Å². The molecule has 0 saturated carbocycles. The van der Waals surface area contributed by atoms with E-state index in [2.05, 4.69) is 70.0 Å². The number of aromatic nitrogens is 3. The van der Waals surface area contributed by atoms with Gasteiger partial charge in [-0.25, -0.2) is 0 Å². The largest absolute Gasteiger partial charge is 0.378 e. The zero-order valence-electron chi connectivity index (χ0n) is 20.3. The van der Waals surface area contributed by atoms with Crippen molar-refractivity contribution in [2.24, 2.45) is 0 Å². The van der Waals surface area contributed by atoms with E-state index in [1.165, 1.54) is 17.3 Å². The molecule has 2 aromatic carbocycles. The molecule has 7 nitrogen and oxygen atoms in total. The number of benzene rings is 2. The molecule has 1 aromatic heterocycles. The number of thioether (sulfide) groups is 1. The van der Waals surface area contributed by atoms with Crippen molar-refractivity contribution in [3.8, 4) is 0 Å². The summed E-state index contributed by atoms with van der Waals surface area (Å²) in [7, 11) is 0. The molecule has 34 heavy (non-hydrogen) atoms. The molecule has 1 fully saturated rings. The Kier molecular flexibility index (Phi) is 7.58. The summed E-state index contributed by atoms with van der Waals surface area (Å²) in [4.78, 5) is 15.2. The van der Waals surface area contributed by atoms with E-state index in [-0.39, 0.29) is 16.6 Å². The lowest BCUT2D eigenvalue weighted by atomic mass is 9.87. The summed E-state index contributed by atoms with van der Waals surface area (Å²) in [5.74, 6) is 0.760. The highest BCUT2D eigenvalue weighted by atomic mass is 32.2. The molecule has 4 rings (SSSR count). The molecule has 3 aromatic rings. The van der Waals surface area contributed by atoms with Crippen molar-refractivity contribution < 1.29 is 9.53 Å². The Bertz CT molecular complexity index is 1090. The standard InChI is InChI=1S/C26H33N5O2S/c1-19(23(32)27-22-12-10-21(11-13-22)26(2,3)4)34-25-29-28-24(30-14-16-33-17-15-30)31(25)18-20-8-6-5-7-9-20/h5-13,19H,14-18H2,1-4H3,(H,27,32). The topological polar surface area (TPSA) is 72.3 Å². The molecule has 1 aliphatic heterocycles. The third-order valence-electron chi connectivity index (χ3n) is 5.84. The predicted octanol–water partition coefficient (Wildman–Crippen LogP) is 4.58. The van der Waals surface area contributed by atoms with Crippen molar-refractivity contribution in [1.82, 2.24) is 14.8 Å². The van der Waals surface area contributed by atoms with Crippen LogP contribution in [0, 0.1) is 0 Å². The molecule has 0 bridgehead atoms. The van der Waals surface area contributed by atoms with Crippen LogP contribution in [-0.4, -0.2) is 52.2 Å². The maximum atomic E-state index is 13.0. The van der Waals surface area contributed by atoms with Gasteiger partial charge in [-0.05, 0) is 35.6 Å². The number of nitrogens with one attached hydrogen (secondary N) is 1. The average molecular weight is 480 g/mol. The van der Waals surface area contributed by atoms with E-state index in [1.54, 1.807) is 0 Å². The van der Waals surface area contributed by atoms with Crippen LogP contribution in [0.3, 0.4) is 0 Å². The van der Waals surface area contributed by atoms with Gasteiger partial charge in [-0.2, -0.15) is 0 Å². The lowest BCUT2D eigenvalue weighted by molar-refractivity contribution is -0.115. The number of hydrogen-bond acceptors (Lipinski definition) is 6. The van der Waals surface area contributed by atoms with Crippen molar-refractivity contribution in [2.75, 3.05) is 36.5 Å². The Balaban J connectivity index is 1.49. The van der Waals surface area contributed by atoms with Gasteiger partial charge < -0.3 is 15.0 Å². The number of morpholine rings is 1. The highest BCUT2D eigenvalue weighted by molar-refractivity contribution is 8.00. The van der Waals surface area contributed by atoms with Crippen molar-refractivity contribution in [2.45, 2.75) is 50.1 Å². The van der Waals surface area contributed by atoms with E-state index in [0.717, 1.165) is 35.4 Å². The van der Waals surface area contributed by atoms with E-state index in [1.807, 2.05) is 37.3 Å². The van der Waals surface area contributed by atoms with Crippen LogP contribution in [0.1, 0.15) is 38.8 Å². The summed E-state index contributed by atoms with van der Waals surface area (Å²) in [5.41, 5.74) is 3.27. The van der Waals surface area contributed by atoms with Crippen LogP contribution >= 0.6 is 11.8 Å².